The van der Waals surface area contributed by atoms with Crippen molar-refractivity contribution >= 4 is 11.6 Å². The number of hydrogen-bond donors (Lipinski definition) is 1. The minimum Gasteiger partial charge on any atom is -0.421 e. The maximum atomic E-state index is 13.5. The molecule has 0 spiro atoms. The molecule has 0 atom stereocenters. The number of benzene rings is 2. The molecule has 0 saturated carbocycles. The number of hydrogen-bond acceptors (Lipinski definition) is 4. The largest absolute Gasteiger partial charge is 0.421 e. The van der Waals surface area contributed by atoms with Gasteiger partial charge in [-0.05, 0) is 24.3 Å². The molecule has 1 heterocycles. The van der Waals surface area contributed by atoms with E-state index in [1.165, 1.54) is 48.8 Å². The fourth-order valence-electron chi connectivity index (χ4n) is 1.90. The molecule has 24 heavy (non-hydrogen) atoms. The summed E-state index contributed by atoms with van der Waals surface area (Å²) in [7, 11) is 0. The minimum atomic E-state index is -0.629. The highest BCUT2D eigenvalue weighted by Gasteiger charge is 2.12. The van der Waals surface area contributed by atoms with E-state index >= 15 is 0 Å². The number of para-hydroxylation sites is 1. The molecule has 0 aliphatic carbocycles. The molecule has 0 saturated heterocycles. The van der Waals surface area contributed by atoms with Gasteiger partial charge in [-0.2, -0.15) is 0 Å². The second-order valence-corrected chi connectivity index (χ2v) is 4.72. The lowest BCUT2D eigenvalue weighted by Gasteiger charge is -2.07. The second-order valence-electron chi connectivity index (χ2n) is 4.72. The standard InChI is InChI=1S/C17H11F2N3O2/c18-13-6-2-1-5-12(13)16(23)22-11-9-20-17(21-10-11)24-15-8-4-3-7-14(15)19/h1-10H,(H,22,23). The van der Waals surface area contributed by atoms with Crippen molar-refractivity contribution in [1.82, 2.24) is 9.97 Å². The molecule has 1 aromatic heterocycles. The number of nitrogens with one attached hydrogen (secondary N) is 1. The molecule has 0 bridgehead atoms. The van der Waals surface area contributed by atoms with Crippen molar-refractivity contribution in [3.05, 3.63) is 78.1 Å². The van der Waals surface area contributed by atoms with Crippen LogP contribution in [0.15, 0.2) is 60.9 Å². The Morgan fingerprint density at radius 3 is 2.21 bits per heavy atom. The van der Waals surface area contributed by atoms with Crippen LogP contribution in [0.1, 0.15) is 10.4 Å². The molecule has 120 valence electrons. The van der Waals surface area contributed by atoms with E-state index in [1.807, 2.05) is 0 Å². The van der Waals surface area contributed by atoms with Crippen LogP contribution in [0.2, 0.25) is 0 Å². The Morgan fingerprint density at radius 2 is 1.54 bits per heavy atom. The van der Waals surface area contributed by atoms with E-state index in [2.05, 4.69) is 15.3 Å². The molecular weight excluding hydrogens is 316 g/mol. The van der Waals surface area contributed by atoms with E-state index in [9.17, 15) is 13.6 Å². The SMILES string of the molecule is O=C(Nc1cnc(Oc2ccccc2F)nc1)c1ccccc1F. The first kappa shape index (κ1) is 15.5. The number of anilines is 1. The minimum absolute atomic E-state index is 0.0133. The third-order valence-corrected chi connectivity index (χ3v) is 3.04. The van der Waals surface area contributed by atoms with Crippen molar-refractivity contribution in [3.63, 3.8) is 0 Å². The van der Waals surface area contributed by atoms with Crippen molar-refractivity contribution < 1.29 is 18.3 Å². The molecule has 0 fully saturated rings. The van der Waals surface area contributed by atoms with E-state index in [4.69, 9.17) is 4.74 Å². The van der Waals surface area contributed by atoms with Gasteiger partial charge in [-0.25, -0.2) is 18.7 Å². The van der Waals surface area contributed by atoms with E-state index in [0.717, 1.165) is 0 Å². The number of carbonyl (C=O) groups excluding carboxylic acids is 1. The molecule has 1 N–H and O–H groups in total. The maximum Gasteiger partial charge on any atom is 0.322 e. The monoisotopic (exact) mass is 327 g/mol. The van der Waals surface area contributed by atoms with Gasteiger partial charge in [0.25, 0.3) is 5.91 Å². The molecule has 3 aromatic rings. The van der Waals surface area contributed by atoms with E-state index in [-0.39, 0.29) is 23.0 Å². The third-order valence-electron chi connectivity index (χ3n) is 3.04. The van der Waals surface area contributed by atoms with Crippen LogP contribution in [0.25, 0.3) is 0 Å². The number of aromatic nitrogens is 2. The number of nitrogens with zero attached hydrogens (tertiary/aromatic N) is 2. The van der Waals surface area contributed by atoms with E-state index in [1.54, 1.807) is 12.1 Å². The lowest BCUT2D eigenvalue weighted by molar-refractivity contribution is 0.102. The Hall–Kier alpha value is -3.35. The van der Waals surface area contributed by atoms with Gasteiger partial charge in [-0.1, -0.05) is 24.3 Å². The van der Waals surface area contributed by atoms with Crippen LogP contribution < -0.4 is 10.1 Å². The van der Waals surface area contributed by atoms with Gasteiger partial charge in [0.1, 0.15) is 5.82 Å². The molecule has 1 amide bonds. The number of ether oxygens (including phenoxy) is 1. The predicted octanol–water partition coefficient (Wildman–Crippen LogP) is 3.80. The van der Waals surface area contributed by atoms with Crippen molar-refractivity contribution in [3.8, 4) is 11.8 Å². The molecule has 2 aromatic carbocycles. The molecule has 0 aliphatic heterocycles. The molecule has 7 heteroatoms. The summed E-state index contributed by atoms with van der Waals surface area (Å²) in [5.41, 5.74) is 0.160. The molecule has 5 nitrogen and oxygen atoms in total. The Labute approximate surface area is 136 Å². The fraction of sp³-hybridized carbons (Fsp3) is 0. The summed E-state index contributed by atoms with van der Waals surface area (Å²) in [4.78, 5) is 19.7. The second kappa shape index (κ2) is 6.82. The van der Waals surface area contributed by atoms with Crippen molar-refractivity contribution in [2.75, 3.05) is 5.32 Å². The van der Waals surface area contributed by atoms with Gasteiger partial charge >= 0.3 is 6.01 Å². The summed E-state index contributed by atoms with van der Waals surface area (Å²) in [6.07, 6.45) is 2.56. The number of rotatable bonds is 4. The van der Waals surface area contributed by atoms with Gasteiger partial charge < -0.3 is 10.1 Å². The average Bonchev–Trinajstić information content (AvgIpc) is 2.59. The zero-order chi connectivity index (χ0) is 16.9. The maximum absolute atomic E-state index is 13.5. The summed E-state index contributed by atoms with van der Waals surface area (Å²) in [6, 6.07) is 11.3. The first-order valence-electron chi connectivity index (χ1n) is 6.94. The summed E-state index contributed by atoms with van der Waals surface area (Å²) < 4.78 is 32.2. The Bertz CT molecular complexity index is 870. The smallest absolute Gasteiger partial charge is 0.322 e. The van der Waals surface area contributed by atoms with Crippen molar-refractivity contribution in [2.24, 2.45) is 0 Å². The highest BCUT2D eigenvalue weighted by molar-refractivity contribution is 6.04. The molecule has 0 aliphatic rings. The summed E-state index contributed by atoms with van der Waals surface area (Å²) in [6.45, 7) is 0. The van der Waals surface area contributed by atoms with E-state index in [0.29, 0.717) is 0 Å². The topological polar surface area (TPSA) is 64.1 Å². The number of halogens is 2. The fourth-order valence-corrected chi connectivity index (χ4v) is 1.90. The third kappa shape index (κ3) is 3.52. The van der Waals surface area contributed by atoms with Gasteiger partial charge in [0.15, 0.2) is 11.6 Å². The molecular formula is C17H11F2N3O2. The predicted molar refractivity (Wildman–Crippen MR) is 82.9 cm³/mol. The number of carbonyl (C=O) groups is 1. The molecule has 0 unspecified atom stereocenters. The van der Waals surface area contributed by atoms with Crippen LogP contribution in [0, 0.1) is 11.6 Å². The average molecular weight is 327 g/mol. The first-order chi connectivity index (χ1) is 11.6. The van der Waals surface area contributed by atoms with Gasteiger partial charge in [0.2, 0.25) is 0 Å². The lowest BCUT2D eigenvalue weighted by Crippen LogP contribution is -2.14. The van der Waals surface area contributed by atoms with E-state index < -0.39 is 17.5 Å². The summed E-state index contributed by atoms with van der Waals surface area (Å²) in [5.74, 6) is -1.81. The van der Waals surface area contributed by atoms with Crippen LogP contribution in [-0.2, 0) is 0 Å². The van der Waals surface area contributed by atoms with Gasteiger partial charge in [-0.3, -0.25) is 4.79 Å². The zero-order valence-electron chi connectivity index (χ0n) is 12.2. The summed E-state index contributed by atoms with van der Waals surface area (Å²) >= 11 is 0. The van der Waals surface area contributed by atoms with Crippen LogP contribution in [-0.4, -0.2) is 15.9 Å². The number of amides is 1. The van der Waals surface area contributed by atoms with Crippen LogP contribution >= 0.6 is 0 Å². The Balaban J connectivity index is 1.70. The van der Waals surface area contributed by atoms with Crippen molar-refractivity contribution in [1.29, 1.82) is 0 Å². The highest BCUT2D eigenvalue weighted by atomic mass is 19.1. The zero-order valence-corrected chi connectivity index (χ0v) is 12.2. The van der Waals surface area contributed by atoms with Gasteiger partial charge in [0, 0.05) is 0 Å². The lowest BCUT2D eigenvalue weighted by atomic mass is 10.2. The van der Waals surface area contributed by atoms with Crippen molar-refractivity contribution in [2.45, 2.75) is 0 Å². The molecule has 0 radical (unpaired) electrons. The molecule has 3 rings (SSSR count). The quantitative estimate of drug-likeness (QED) is 0.791. The normalized spacial score (nSPS) is 10.2. The first-order valence-corrected chi connectivity index (χ1v) is 6.94. The van der Waals surface area contributed by atoms with Crippen LogP contribution in [0.4, 0.5) is 14.5 Å². The Kier molecular flexibility index (Phi) is 4.42. The van der Waals surface area contributed by atoms with Crippen LogP contribution in [0.3, 0.4) is 0 Å². The Morgan fingerprint density at radius 1 is 0.917 bits per heavy atom. The highest BCUT2D eigenvalue weighted by Crippen LogP contribution is 2.21. The van der Waals surface area contributed by atoms with Gasteiger partial charge in [0.05, 0.1) is 23.6 Å². The summed E-state index contributed by atoms with van der Waals surface area (Å²) in [5, 5.41) is 2.47. The van der Waals surface area contributed by atoms with Gasteiger partial charge in [-0.15, -0.1) is 0 Å². The van der Waals surface area contributed by atoms with Crippen LogP contribution in [0.5, 0.6) is 11.8 Å².